The van der Waals surface area contributed by atoms with Crippen LogP contribution in [0.3, 0.4) is 0 Å². The van der Waals surface area contributed by atoms with E-state index in [4.69, 9.17) is 5.73 Å². The fraction of sp³-hybridized carbons (Fsp3) is 0.667. The molecular weight excluding hydrogens is 252 g/mol. The molecule has 1 aliphatic heterocycles. The van der Waals surface area contributed by atoms with Crippen molar-refractivity contribution in [2.45, 2.75) is 45.1 Å². The highest BCUT2D eigenvalue weighted by atomic mass is 16.1. The van der Waals surface area contributed by atoms with Crippen LogP contribution in [0.4, 0.5) is 0 Å². The van der Waals surface area contributed by atoms with Gasteiger partial charge in [0.15, 0.2) is 0 Å². The number of primary amides is 1. The molecule has 1 amide bonds. The summed E-state index contributed by atoms with van der Waals surface area (Å²) >= 11 is 0. The first-order chi connectivity index (χ1) is 9.72. The topological polar surface area (TPSA) is 72.1 Å². The molecule has 1 fully saturated rings. The van der Waals surface area contributed by atoms with Gasteiger partial charge < -0.3 is 5.73 Å². The normalized spacial score (nSPS) is 20.6. The smallest absolute Gasteiger partial charge is 0.286 e. The molecular formula is C15H21N4O. The molecule has 20 heavy (non-hydrogen) atoms. The molecule has 1 aliphatic carbocycles. The lowest BCUT2D eigenvalue weighted by Gasteiger charge is -2.32. The van der Waals surface area contributed by atoms with Crippen LogP contribution in [-0.4, -0.2) is 33.9 Å². The van der Waals surface area contributed by atoms with Crippen LogP contribution in [0.1, 0.15) is 54.0 Å². The molecule has 5 nitrogen and oxygen atoms in total. The van der Waals surface area contributed by atoms with E-state index in [9.17, 15) is 4.79 Å². The second-order valence-electron chi connectivity index (χ2n) is 5.94. The van der Waals surface area contributed by atoms with Gasteiger partial charge in [0.05, 0.1) is 11.9 Å². The quantitative estimate of drug-likeness (QED) is 0.901. The maximum Gasteiger partial charge on any atom is 0.286 e. The summed E-state index contributed by atoms with van der Waals surface area (Å²) in [5.74, 6) is 0.337. The van der Waals surface area contributed by atoms with E-state index in [1.54, 1.807) is 0 Å². The first-order valence-corrected chi connectivity index (χ1v) is 7.52. The summed E-state index contributed by atoms with van der Waals surface area (Å²) in [7, 11) is 0. The number of hydrogen-bond acceptors (Lipinski definition) is 4. The average molecular weight is 273 g/mol. The molecule has 0 unspecified atom stereocenters. The number of amides is 1. The molecule has 1 aromatic rings. The Bertz CT molecular complexity index is 497. The van der Waals surface area contributed by atoms with Gasteiger partial charge in [0, 0.05) is 25.2 Å². The Morgan fingerprint density at radius 1 is 1.35 bits per heavy atom. The number of hydrogen-bond donors (Lipinski definition) is 1. The summed E-state index contributed by atoms with van der Waals surface area (Å²) < 4.78 is 0. The SMILES string of the molecule is NC(=O)c1n[c]c2c(n1)CN(CC1CCCCC1)CC2. The Morgan fingerprint density at radius 2 is 2.15 bits per heavy atom. The number of carbonyl (C=O) groups is 1. The van der Waals surface area contributed by atoms with Crippen LogP contribution in [0.5, 0.6) is 0 Å². The van der Waals surface area contributed by atoms with Gasteiger partial charge in [-0.25, -0.2) is 9.97 Å². The highest BCUT2D eigenvalue weighted by Crippen LogP contribution is 2.26. The summed E-state index contributed by atoms with van der Waals surface area (Å²) in [4.78, 5) is 21.8. The summed E-state index contributed by atoms with van der Waals surface area (Å²) in [5.41, 5.74) is 7.20. The number of nitrogens with two attached hydrogens (primary N) is 1. The Hall–Kier alpha value is -1.49. The zero-order valence-electron chi connectivity index (χ0n) is 11.8. The Balaban J connectivity index is 1.67. The molecule has 0 aromatic carbocycles. The van der Waals surface area contributed by atoms with E-state index in [0.717, 1.165) is 43.2 Å². The highest BCUT2D eigenvalue weighted by Gasteiger charge is 2.23. The number of nitrogens with zero attached hydrogens (tertiary/aromatic N) is 3. The monoisotopic (exact) mass is 273 g/mol. The molecule has 2 heterocycles. The molecule has 1 aromatic heterocycles. The van der Waals surface area contributed by atoms with Crippen molar-refractivity contribution in [1.82, 2.24) is 14.9 Å². The maximum absolute atomic E-state index is 11.1. The van der Waals surface area contributed by atoms with Gasteiger partial charge in [0.25, 0.3) is 5.91 Å². The standard InChI is InChI=1S/C15H21N4O/c16-14(20)15-17-8-12-6-7-19(10-13(12)18-15)9-11-4-2-1-3-5-11/h11H,1-7,9-10H2,(H2,16,20). The van der Waals surface area contributed by atoms with E-state index in [2.05, 4.69) is 21.1 Å². The van der Waals surface area contributed by atoms with Crippen molar-refractivity contribution in [3.8, 4) is 0 Å². The van der Waals surface area contributed by atoms with Crippen molar-refractivity contribution in [2.24, 2.45) is 11.7 Å². The Kier molecular flexibility index (Phi) is 3.96. The van der Waals surface area contributed by atoms with Gasteiger partial charge >= 0.3 is 0 Å². The van der Waals surface area contributed by atoms with Crippen LogP contribution in [0, 0.1) is 12.1 Å². The highest BCUT2D eigenvalue weighted by molar-refractivity contribution is 5.88. The van der Waals surface area contributed by atoms with E-state index >= 15 is 0 Å². The molecule has 1 saturated carbocycles. The molecule has 3 rings (SSSR count). The fourth-order valence-electron chi connectivity index (χ4n) is 3.30. The average Bonchev–Trinajstić information content (AvgIpc) is 2.47. The van der Waals surface area contributed by atoms with Crippen LogP contribution in [0.15, 0.2) is 0 Å². The molecule has 0 saturated heterocycles. The van der Waals surface area contributed by atoms with Crippen LogP contribution in [0.2, 0.25) is 0 Å². The molecule has 1 radical (unpaired) electrons. The predicted molar refractivity (Wildman–Crippen MR) is 74.9 cm³/mol. The van der Waals surface area contributed by atoms with Crippen LogP contribution < -0.4 is 5.73 Å². The predicted octanol–water partition coefficient (Wildman–Crippen LogP) is 1.31. The molecule has 0 atom stereocenters. The number of fused-ring (bicyclic) bond motifs is 1. The largest absolute Gasteiger partial charge is 0.363 e. The zero-order valence-corrected chi connectivity index (χ0v) is 11.8. The van der Waals surface area contributed by atoms with Gasteiger partial charge in [-0.3, -0.25) is 9.69 Å². The van der Waals surface area contributed by atoms with E-state index in [1.165, 1.54) is 32.1 Å². The third kappa shape index (κ3) is 2.98. The van der Waals surface area contributed by atoms with E-state index in [-0.39, 0.29) is 5.82 Å². The van der Waals surface area contributed by atoms with E-state index < -0.39 is 5.91 Å². The van der Waals surface area contributed by atoms with Crippen molar-refractivity contribution in [2.75, 3.05) is 13.1 Å². The number of carbonyl (C=O) groups excluding carboxylic acids is 1. The van der Waals surface area contributed by atoms with Gasteiger partial charge in [-0.15, -0.1) is 0 Å². The van der Waals surface area contributed by atoms with Crippen LogP contribution in [-0.2, 0) is 13.0 Å². The van der Waals surface area contributed by atoms with E-state index in [1.807, 2.05) is 0 Å². The van der Waals surface area contributed by atoms with Gasteiger partial charge in [0.1, 0.15) is 0 Å². The number of rotatable bonds is 3. The van der Waals surface area contributed by atoms with E-state index in [0.29, 0.717) is 0 Å². The molecule has 2 aliphatic rings. The fourth-order valence-corrected chi connectivity index (χ4v) is 3.30. The van der Waals surface area contributed by atoms with Gasteiger partial charge in [-0.2, -0.15) is 0 Å². The summed E-state index contributed by atoms with van der Waals surface area (Å²) in [5, 5.41) is 0. The van der Waals surface area contributed by atoms with Crippen molar-refractivity contribution in [1.29, 1.82) is 0 Å². The third-order valence-electron chi connectivity index (χ3n) is 4.40. The maximum atomic E-state index is 11.1. The number of aromatic nitrogens is 2. The Labute approximate surface area is 119 Å². The summed E-state index contributed by atoms with van der Waals surface area (Å²) in [6.45, 7) is 2.99. The minimum absolute atomic E-state index is 0.0864. The van der Waals surface area contributed by atoms with Crippen molar-refractivity contribution in [3.05, 3.63) is 23.3 Å². The second-order valence-corrected chi connectivity index (χ2v) is 5.94. The third-order valence-corrected chi connectivity index (χ3v) is 4.40. The Morgan fingerprint density at radius 3 is 2.90 bits per heavy atom. The van der Waals surface area contributed by atoms with Crippen molar-refractivity contribution in [3.63, 3.8) is 0 Å². The van der Waals surface area contributed by atoms with Crippen LogP contribution >= 0.6 is 0 Å². The summed E-state index contributed by atoms with van der Waals surface area (Å²) in [6.07, 6.45) is 10.7. The minimum Gasteiger partial charge on any atom is -0.363 e. The lowest BCUT2D eigenvalue weighted by molar-refractivity contribution is 0.0989. The molecule has 2 N–H and O–H groups in total. The van der Waals surface area contributed by atoms with Crippen molar-refractivity contribution < 1.29 is 4.79 Å². The summed E-state index contributed by atoms with van der Waals surface area (Å²) in [6, 6.07) is 0. The molecule has 107 valence electrons. The second kappa shape index (κ2) is 5.87. The lowest BCUT2D eigenvalue weighted by atomic mass is 9.88. The first-order valence-electron chi connectivity index (χ1n) is 7.52. The molecule has 5 heteroatoms. The van der Waals surface area contributed by atoms with Gasteiger partial charge in [0.2, 0.25) is 5.82 Å². The first kappa shape index (κ1) is 13.5. The van der Waals surface area contributed by atoms with Gasteiger partial charge in [-0.1, -0.05) is 19.3 Å². The minimum atomic E-state index is -0.576. The molecule has 0 bridgehead atoms. The van der Waals surface area contributed by atoms with Crippen molar-refractivity contribution >= 4 is 5.91 Å². The van der Waals surface area contributed by atoms with Crippen LogP contribution in [0.25, 0.3) is 0 Å². The van der Waals surface area contributed by atoms with Gasteiger partial charge in [-0.05, 0) is 25.2 Å². The zero-order chi connectivity index (χ0) is 13.9. The molecule has 0 spiro atoms. The lowest BCUT2D eigenvalue weighted by Crippen LogP contribution is -2.36.